The minimum Gasteiger partial charge on any atom is -0.497 e. The Kier molecular flexibility index (Phi) is 10.3. The molecule has 1 heterocycles. The number of carbonyl (C=O) groups excluding carboxylic acids is 1. The second kappa shape index (κ2) is 14.9. The first kappa shape index (κ1) is 33.1. The van der Waals surface area contributed by atoms with E-state index in [2.05, 4.69) is 50.9 Å². The summed E-state index contributed by atoms with van der Waals surface area (Å²) in [4.78, 5) is 18.1. The Morgan fingerprint density at radius 3 is 2.19 bits per heavy atom. The third-order valence-electron chi connectivity index (χ3n) is 8.25. The molecule has 48 heavy (non-hydrogen) atoms. The van der Waals surface area contributed by atoms with Crippen molar-refractivity contribution in [1.29, 1.82) is 0 Å². The maximum absolute atomic E-state index is 13.4. The highest BCUT2D eigenvalue weighted by Gasteiger charge is 2.24. The highest BCUT2D eigenvalue weighted by Crippen LogP contribution is 2.32. The van der Waals surface area contributed by atoms with Gasteiger partial charge in [-0.05, 0) is 70.8 Å². The molecule has 1 amide bonds. The number of ether oxygens (including phenoxy) is 2. The van der Waals surface area contributed by atoms with Crippen LogP contribution >= 0.6 is 11.6 Å². The molecule has 0 aromatic heterocycles. The van der Waals surface area contributed by atoms with Crippen LogP contribution in [0.15, 0.2) is 121 Å². The summed E-state index contributed by atoms with van der Waals surface area (Å²) < 4.78 is 39.5. The Labute approximate surface area is 286 Å². The van der Waals surface area contributed by atoms with Crippen molar-refractivity contribution in [2.75, 3.05) is 38.2 Å². The molecule has 0 unspecified atom stereocenters. The van der Waals surface area contributed by atoms with Gasteiger partial charge in [-0.2, -0.15) is 0 Å². The fourth-order valence-corrected chi connectivity index (χ4v) is 6.96. The molecule has 1 fully saturated rings. The Morgan fingerprint density at radius 1 is 0.792 bits per heavy atom. The normalized spacial score (nSPS) is 13.6. The van der Waals surface area contributed by atoms with E-state index in [1.807, 2.05) is 42.5 Å². The maximum atomic E-state index is 13.4. The molecule has 0 spiro atoms. The average molecular weight is 682 g/mol. The number of amides is 1. The molecule has 6 rings (SSSR count). The smallest absolute Gasteiger partial charge is 0.268 e. The SMILES string of the molecule is COc1ccc(CS(=O)(=O)NC(=O)c2ccc(N3CCN(Cc4ccccc4-c4ccc(Cl)cc4)CC3)cc2Oc2ccccc2)cc1. The lowest BCUT2D eigenvalue weighted by molar-refractivity contribution is 0.0979. The molecule has 5 aromatic rings. The van der Waals surface area contributed by atoms with Crippen LogP contribution in [0.4, 0.5) is 5.69 Å². The standard InChI is InChI=1S/C38H36ClN3O5S/c1-46-33-18-11-28(12-19-33)27-48(44,45)40-38(43)36-20-17-32(25-37(36)47-34-8-3-2-4-9-34)42-23-21-41(22-24-42)26-30-7-5-6-10-35(30)29-13-15-31(39)16-14-29/h2-20,25H,21-24,26-27H2,1H3,(H,40,43). The van der Waals surface area contributed by atoms with Crippen LogP contribution < -0.4 is 19.1 Å². The van der Waals surface area contributed by atoms with E-state index < -0.39 is 15.9 Å². The van der Waals surface area contributed by atoms with Crippen LogP contribution in [-0.2, 0) is 22.3 Å². The molecule has 0 atom stereocenters. The van der Waals surface area contributed by atoms with Gasteiger partial charge in [0, 0.05) is 49.5 Å². The quantitative estimate of drug-likeness (QED) is 0.156. The van der Waals surface area contributed by atoms with Gasteiger partial charge in [0.25, 0.3) is 5.91 Å². The number of piperazine rings is 1. The number of benzene rings is 5. The first-order valence-electron chi connectivity index (χ1n) is 15.6. The Balaban J connectivity index is 1.16. The number of sulfonamides is 1. The van der Waals surface area contributed by atoms with Gasteiger partial charge >= 0.3 is 0 Å². The average Bonchev–Trinajstić information content (AvgIpc) is 3.09. The van der Waals surface area contributed by atoms with Gasteiger partial charge in [0.05, 0.1) is 18.4 Å². The summed E-state index contributed by atoms with van der Waals surface area (Å²) >= 11 is 6.13. The molecule has 0 bridgehead atoms. The summed E-state index contributed by atoms with van der Waals surface area (Å²) in [6.45, 7) is 4.05. The van der Waals surface area contributed by atoms with Crippen LogP contribution in [0.25, 0.3) is 11.1 Å². The summed E-state index contributed by atoms with van der Waals surface area (Å²) in [5.74, 6) is 0.308. The van der Waals surface area contributed by atoms with Crippen molar-refractivity contribution in [3.05, 3.63) is 143 Å². The van der Waals surface area contributed by atoms with E-state index in [4.69, 9.17) is 21.1 Å². The zero-order valence-corrected chi connectivity index (χ0v) is 28.1. The van der Waals surface area contributed by atoms with Gasteiger partial charge in [-0.25, -0.2) is 13.1 Å². The van der Waals surface area contributed by atoms with Crippen molar-refractivity contribution in [3.63, 3.8) is 0 Å². The topological polar surface area (TPSA) is 88.2 Å². The summed E-state index contributed by atoms with van der Waals surface area (Å²) in [5, 5.41) is 0.716. The Bertz CT molecular complexity index is 1960. The molecule has 1 aliphatic rings. The van der Waals surface area contributed by atoms with Crippen molar-refractivity contribution in [2.24, 2.45) is 0 Å². The van der Waals surface area contributed by atoms with Crippen LogP contribution in [0.2, 0.25) is 5.02 Å². The van der Waals surface area contributed by atoms with Gasteiger partial charge in [-0.15, -0.1) is 0 Å². The maximum Gasteiger partial charge on any atom is 0.268 e. The number of hydrogen-bond acceptors (Lipinski definition) is 7. The third-order valence-corrected chi connectivity index (χ3v) is 9.71. The van der Waals surface area contributed by atoms with Gasteiger partial charge in [-0.3, -0.25) is 9.69 Å². The highest BCUT2D eigenvalue weighted by atomic mass is 35.5. The zero-order chi connectivity index (χ0) is 33.5. The minimum atomic E-state index is -3.99. The molecular weight excluding hydrogens is 646 g/mol. The second-order valence-corrected chi connectivity index (χ2v) is 13.7. The predicted molar refractivity (Wildman–Crippen MR) is 190 cm³/mol. The van der Waals surface area contributed by atoms with Gasteiger partial charge in [-0.1, -0.05) is 78.3 Å². The molecule has 1 aliphatic heterocycles. The second-order valence-electron chi connectivity index (χ2n) is 11.6. The number of nitrogens with one attached hydrogen (secondary N) is 1. The van der Waals surface area contributed by atoms with E-state index in [1.165, 1.54) is 18.2 Å². The molecular formula is C38H36ClN3O5S. The molecule has 246 valence electrons. The molecule has 1 saturated heterocycles. The van der Waals surface area contributed by atoms with Crippen LogP contribution in [0.5, 0.6) is 17.2 Å². The molecule has 0 aliphatic carbocycles. The molecule has 1 N–H and O–H groups in total. The summed E-state index contributed by atoms with van der Waals surface area (Å²) in [5.41, 5.74) is 5.12. The monoisotopic (exact) mass is 681 g/mol. The van der Waals surface area contributed by atoms with Gasteiger partial charge in [0.1, 0.15) is 17.2 Å². The largest absolute Gasteiger partial charge is 0.497 e. The molecule has 0 radical (unpaired) electrons. The number of hydrogen-bond donors (Lipinski definition) is 1. The third kappa shape index (κ3) is 8.36. The molecule has 0 saturated carbocycles. The number of halogens is 1. The van der Waals surface area contributed by atoms with Crippen LogP contribution in [0.1, 0.15) is 21.5 Å². The van der Waals surface area contributed by atoms with Gasteiger partial charge < -0.3 is 14.4 Å². The van der Waals surface area contributed by atoms with E-state index in [0.717, 1.165) is 44.0 Å². The molecule has 8 nitrogen and oxygen atoms in total. The fourth-order valence-electron chi connectivity index (χ4n) is 5.74. The van der Waals surface area contributed by atoms with Gasteiger partial charge in [0.15, 0.2) is 0 Å². The number of nitrogens with zero attached hydrogens (tertiary/aromatic N) is 2. The van der Waals surface area contributed by atoms with E-state index in [-0.39, 0.29) is 17.1 Å². The lowest BCUT2D eigenvalue weighted by Gasteiger charge is -2.36. The van der Waals surface area contributed by atoms with Crippen molar-refractivity contribution >= 4 is 33.2 Å². The van der Waals surface area contributed by atoms with E-state index in [0.29, 0.717) is 22.1 Å². The van der Waals surface area contributed by atoms with Crippen molar-refractivity contribution in [3.8, 4) is 28.4 Å². The zero-order valence-electron chi connectivity index (χ0n) is 26.5. The first-order chi connectivity index (χ1) is 23.3. The lowest BCUT2D eigenvalue weighted by Crippen LogP contribution is -2.46. The van der Waals surface area contributed by atoms with Crippen LogP contribution in [0, 0.1) is 0 Å². The molecule has 5 aromatic carbocycles. The Hall–Kier alpha value is -4.83. The Morgan fingerprint density at radius 2 is 1.48 bits per heavy atom. The van der Waals surface area contributed by atoms with Crippen molar-refractivity contribution < 1.29 is 22.7 Å². The van der Waals surface area contributed by atoms with Crippen molar-refractivity contribution in [2.45, 2.75) is 12.3 Å². The van der Waals surface area contributed by atoms with E-state index in [9.17, 15) is 13.2 Å². The lowest BCUT2D eigenvalue weighted by atomic mass is 9.99. The van der Waals surface area contributed by atoms with E-state index in [1.54, 1.807) is 42.5 Å². The summed E-state index contributed by atoms with van der Waals surface area (Å²) in [7, 11) is -2.46. The predicted octanol–water partition coefficient (Wildman–Crippen LogP) is 7.39. The van der Waals surface area contributed by atoms with Gasteiger partial charge in [0.2, 0.25) is 10.0 Å². The number of para-hydroxylation sites is 1. The summed E-state index contributed by atoms with van der Waals surface area (Å²) in [6, 6.07) is 37.4. The first-order valence-corrected chi connectivity index (χ1v) is 17.7. The number of methoxy groups -OCH3 is 1. The number of rotatable bonds is 11. The minimum absolute atomic E-state index is 0.123. The van der Waals surface area contributed by atoms with Crippen LogP contribution in [0.3, 0.4) is 0 Å². The number of carbonyl (C=O) groups is 1. The summed E-state index contributed by atoms with van der Waals surface area (Å²) in [6.07, 6.45) is 0. The van der Waals surface area contributed by atoms with Crippen molar-refractivity contribution in [1.82, 2.24) is 9.62 Å². The molecule has 10 heteroatoms. The van der Waals surface area contributed by atoms with E-state index >= 15 is 0 Å². The number of anilines is 1. The fraction of sp³-hybridized carbons (Fsp3) is 0.184. The highest BCUT2D eigenvalue weighted by molar-refractivity contribution is 7.89. The van der Waals surface area contributed by atoms with Crippen LogP contribution in [-0.4, -0.2) is 52.5 Å².